The van der Waals surface area contributed by atoms with E-state index in [4.69, 9.17) is 9.72 Å². The van der Waals surface area contributed by atoms with Crippen LogP contribution in [-0.2, 0) is 16.0 Å². The SMILES string of the molecule is Cc1ccc(NC(=O)CN2C(=O)COc3ccc(-c4csc(Cc5ccccc5)n4)cc32)cc1. The van der Waals surface area contributed by atoms with Gasteiger partial charge in [-0.2, -0.15) is 0 Å². The van der Waals surface area contributed by atoms with E-state index in [0.29, 0.717) is 17.1 Å². The van der Waals surface area contributed by atoms with Gasteiger partial charge in [-0.15, -0.1) is 11.3 Å². The van der Waals surface area contributed by atoms with Crippen LogP contribution in [0.3, 0.4) is 0 Å². The molecule has 6 nitrogen and oxygen atoms in total. The summed E-state index contributed by atoms with van der Waals surface area (Å²) in [4.78, 5) is 31.6. The molecule has 4 aromatic rings. The molecular formula is C27H23N3O3S. The molecular weight excluding hydrogens is 446 g/mol. The molecule has 0 bridgehead atoms. The van der Waals surface area contributed by atoms with Crippen molar-refractivity contribution in [1.29, 1.82) is 0 Å². The summed E-state index contributed by atoms with van der Waals surface area (Å²) in [5.74, 6) is 0.0484. The number of hydrogen-bond donors (Lipinski definition) is 1. The molecule has 0 spiro atoms. The third-order valence-electron chi connectivity index (χ3n) is 5.58. The summed E-state index contributed by atoms with van der Waals surface area (Å²) < 4.78 is 5.61. The van der Waals surface area contributed by atoms with Gasteiger partial charge in [0.1, 0.15) is 12.3 Å². The number of benzene rings is 3. The molecule has 0 saturated heterocycles. The standard InChI is InChI=1S/C27H23N3O3S/c1-18-7-10-21(11-8-18)28-25(31)15-30-23-14-20(9-12-24(23)33-16-27(30)32)22-17-34-26(29-22)13-19-5-3-2-4-6-19/h2-12,14,17H,13,15-16H2,1H3,(H,28,31). The van der Waals surface area contributed by atoms with E-state index in [1.807, 2.05) is 73.0 Å². The molecule has 34 heavy (non-hydrogen) atoms. The number of ether oxygens (including phenoxy) is 1. The van der Waals surface area contributed by atoms with E-state index in [-0.39, 0.29) is 25.0 Å². The van der Waals surface area contributed by atoms with Crippen molar-refractivity contribution in [3.05, 3.63) is 94.3 Å². The molecule has 0 fully saturated rings. The van der Waals surface area contributed by atoms with Crippen LogP contribution in [0, 0.1) is 6.92 Å². The van der Waals surface area contributed by atoms with Crippen molar-refractivity contribution in [2.45, 2.75) is 13.3 Å². The highest BCUT2D eigenvalue weighted by Crippen LogP contribution is 2.36. The van der Waals surface area contributed by atoms with Crippen LogP contribution in [0.4, 0.5) is 11.4 Å². The molecule has 1 aliphatic rings. The van der Waals surface area contributed by atoms with Gasteiger partial charge in [0.15, 0.2) is 6.61 Å². The zero-order valence-corrected chi connectivity index (χ0v) is 19.5. The lowest BCUT2D eigenvalue weighted by Crippen LogP contribution is -2.43. The second kappa shape index (κ2) is 9.49. The van der Waals surface area contributed by atoms with Crippen molar-refractivity contribution in [3.63, 3.8) is 0 Å². The molecule has 1 N–H and O–H groups in total. The van der Waals surface area contributed by atoms with Crippen molar-refractivity contribution in [2.75, 3.05) is 23.4 Å². The van der Waals surface area contributed by atoms with Crippen LogP contribution in [-0.4, -0.2) is 29.9 Å². The Hall–Kier alpha value is -3.97. The van der Waals surface area contributed by atoms with Crippen LogP contribution in [0.25, 0.3) is 11.3 Å². The number of thiazole rings is 1. The fourth-order valence-electron chi connectivity index (χ4n) is 3.81. The summed E-state index contributed by atoms with van der Waals surface area (Å²) in [6.07, 6.45) is 0.767. The molecule has 170 valence electrons. The summed E-state index contributed by atoms with van der Waals surface area (Å²) >= 11 is 1.60. The Kier molecular flexibility index (Phi) is 6.10. The number of rotatable bonds is 6. The Morgan fingerprint density at radius 3 is 2.68 bits per heavy atom. The first-order valence-corrected chi connectivity index (χ1v) is 11.9. The number of aryl methyl sites for hydroxylation is 1. The zero-order valence-electron chi connectivity index (χ0n) is 18.7. The monoisotopic (exact) mass is 469 g/mol. The van der Waals surface area contributed by atoms with E-state index in [1.54, 1.807) is 11.3 Å². The molecule has 3 aromatic carbocycles. The van der Waals surface area contributed by atoms with Crippen LogP contribution in [0.15, 0.2) is 78.2 Å². The summed E-state index contributed by atoms with van der Waals surface area (Å²) in [6, 6.07) is 23.4. The van der Waals surface area contributed by atoms with E-state index in [2.05, 4.69) is 17.4 Å². The Labute approximate surface area is 201 Å². The summed E-state index contributed by atoms with van der Waals surface area (Å²) in [5.41, 5.74) is 5.29. The van der Waals surface area contributed by atoms with E-state index >= 15 is 0 Å². The van der Waals surface area contributed by atoms with E-state index in [0.717, 1.165) is 28.2 Å². The highest BCUT2D eigenvalue weighted by atomic mass is 32.1. The highest BCUT2D eigenvalue weighted by molar-refractivity contribution is 7.10. The third kappa shape index (κ3) is 4.84. The van der Waals surface area contributed by atoms with Gasteiger partial charge in [-0.1, -0.05) is 48.0 Å². The Morgan fingerprint density at radius 1 is 1.09 bits per heavy atom. The maximum absolute atomic E-state index is 12.7. The lowest BCUT2D eigenvalue weighted by Gasteiger charge is -2.29. The minimum atomic E-state index is -0.269. The molecule has 7 heteroatoms. The summed E-state index contributed by atoms with van der Waals surface area (Å²) in [6.45, 7) is 1.80. The van der Waals surface area contributed by atoms with Gasteiger partial charge >= 0.3 is 0 Å². The van der Waals surface area contributed by atoms with E-state index in [1.165, 1.54) is 10.5 Å². The van der Waals surface area contributed by atoms with E-state index in [9.17, 15) is 9.59 Å². The smallest absolute Gasteiger partial charge is 0.265 e. The van der Waals surface area contributed by atoms with Crippen LogP contribution in [0.1, 0.15) is 16.1 Å². The molecule has 1 aromatic heterocycles. The fourth-order valence-corrected chi connectivity index (χ4v) is 4.65. The lowest BCUT2D eigenvalue weighted by atomic mass is 10.1. The first-order valence-electron chi connectivity index (χ1n) is 11.0. The molecule has 5 rings (SSSR count). The van der Waals surface area contributed by atoms with Gasteiger partial charge in [-0.3, -0.25) is 14.5 Å². The minimum Gasteiger partial charge on any atom is -0.482 e. The van der Waals surface area contributed by atoms with Gasteiger partial charge in [0.05, 0.1) is 16.4 Å². The minimum absolute atomic E-state index is 0.0944. The number of carbonyl (C=O) groups is 2. The van der Waals surface area contributed by atoms with Crippen molar-refractivity contribution >= 4 is 34.5 Å². The van der Waals surface area contributed by atoms with Crippen LogP contribution < -0.4 is 15.0 Å². The lowest BCUT2D eigenvalue weighted by molar-refractivity contribution is -0.123. The Bertz CT molecular complexity index is 1330. The third-order valence-corrected chi connectivity index (χ3v) is 6.43. The number of nitrogens with zero attached hydrogens (tertiary/aromatic N) is 2. The van der Waals surface area contributed by atoms with E-state index < -0.39 is 0 Å². The highest BCUT2D eigenvalue weighted by Gasteiger charge is 2.28. The van der Waals surface area contributed by atoms with Crippen LogP contribution in [0.5, 0.6) is 5.75 Å². The zero-order chi connectivity index (χ0) is 23.5. The maximum atomic E-state index is 12.7. The number of fused-ring (bicyclic) bond motifs is 1. The van der Waals surface area contributed by atoms with Crippen molar-refractivity contribution in [2.24, 2.45) is 0 Å². The van der Waals surface area contributed by atoms with Crippen LogP contribution >= 0.6 is 11.3 Å². The molecule has 2 heterocycles. The van der Waals surface area contributed by atoms with Crippen molar-refractivity contribution in [3.8, 4) is 17.0 Å². The maximum Gasteiger partial charge on any atom is 0.265 e. The number of hydrogen-bond acceptors (Lipinski definition) is 5. The van der Waals surface area contributed by atoms with Gasteiger partial charge in [0.2, 0.25) is 5.91 Å². The molecule has 0 atom stereocenters. The number of aromatic nitrogens is 1. The topological polar surface area (TPSA) is 71.5 Å². The number of amides is 2. The number of nitrogens with one attached hydrogen (secondary N) is 1. The van der Waals surface area contributed by atoms with Gasteiger partial charge < -0.3 is 10.1 Å². The normalized spacial score (nSPS) is 12.7. The predicted molar refractivity (Wildman–Crippen MR) is 134 cm³/mol. The average molecular weight is 470 g/mol. The first kappa shape index (κ1) is 21.9. The number of carbonyl (C=O) groups excluding carboxylic acids is 2. The number of anilines is 2. The second-order valence-corrected chi connectivity index (χ2v) is 9.10. The average Bonchev–Trinajstić information content (AvgIpc) is 3.31. The quantitative estimate of drug-likeness (QED) is 0.428. The first-order chi connectivity index (χ1) is 16.5. The van der Waals surface area contributed by atoms with Gasteiger partial charge in [0.25, 0.3) is 5.91 Å². The molecule has 0 unspecified atom stereocenters. The largest absolute Gasteiger partial charge is 0.482 e. The fraction of sp³-hybridized carbons (Fsp3) is 0.148. The second-order valence-electron chi connectivity index (χ2n) is 8.15. The van der Waals surface area contributed by atoms with Crippen molar-refractivity contribution < 1.29 is 14.3 Å². The van der Waals surface area contributed by atoms with Crippen LogP contribution in [0.2, 0.25) is 0 Å². The molecule has 0 radical (unpaired) electrons. The van der Waals surface area contributed by atoms with Gasteiger partial charge in [-0.25, -0.2) is 4.98 Å². The summed E-state index contributed by atoms with van der Waals surface area (Å²) in [7, 11) is 0. The Balaban J connectivity index is 1.36. The predicted octanol–water partition coefficient (Wildman–Crippen LogP) is 5.07. The van der Waals surface area contributed by atoms with Gasteiger partial charge in [-0.05, 0) is 42.8 Å². The van der Waals surface area contributed by atoms with Crippen molar-refractivity contribution in [1.82, 2.24) is 4.98 Å². The molecule has 0 aliphatic carbocycles. The molecule has 2 amide bonds. The molecule has 1 aliphatic heterocycles. The Morgan fingerprint density at radius 2 is 1.88 bits per heavy atom. The molecule has 0 saturated carbocycles. The summed E-state index contributed by atoms with van der Waals surface area (Å²) in [5, 5.41) is 5.88. The van der Waals surface area contributed by atoms with Gasteiger partial charge in [0, 0.05) is 23.1 Å².